The van der Waals surface area contributed by atoms with E-state index in [4.69, 9.17) is 4.74 Å². The molecule has 3 heterocycles. The second-order valence-corrected chi connectivity index (χ2v) is 7.63. The molecule has 0 aliphatic carbocycles. The number of piperidine rings is 2. The van der Waals surface area contributed by atoms with Gasteiger partial charge in [-0.3, -0.25) is 0 Å². The Kier molecular flexibility index (Phi) is 4.59. The first-order valence-electron chi connectivity index (χ1n) is 9.71. The van der Waals surface area contributed by atoms with Gasteiger partial charge in [-0.1, -0.05) is 18.2 Å². The Morgan fingerprint density at radius 3 is 2.68 bits per heavy atom. The van der Waals surface area contributed by atoms with E-state index in [0.717, 1.165) is 32.5 Å². The lowest BCUT2D eigenvalue weighted by molar-refractivity contribution is 0.0584. The summed E-state index contributed by atoms with van der Waals surface area (Å²) in [5.74, 6) is 0. The van der Waals surface area contributed by atoms with Crippen molar-refractivity contribution in [3.8, 4) is 0 Å². The normalized spacial score (nSPS) is 23.3. The van der Waals surface area contributed by atoms with E-state index in [1.54, 1.807) is 0 Å². The number of hydrogen-bond acceptors (Lipinski definition) is 4. The third-order valence-electron chi connectivity index (χ3n) is 6.38. The molecule has 1 N–H and O–H groups in total. The molecule has 3 aliphatic rings. The highest BCUT2D eigenvalue weighted by atomic mass is 16.6. The number of likely N-dealkylation sites (tertiary alicyclic amines) is 2. The molecule has 0 aromatic heterocycles. The Morgan fingerprint density at radius 2 is 1.96 bits per heavy atom. The number of para-hydroxylation sites is 1. The second-order valence-electron chi connectivity index (χ2n) is 7.63. The molecule has 0 radical (unpaired) electrons. The van der Waals surface area contributed by atoms with Crippen LogP contribution in [0, 0.1) is 0 Å². The summed E-state index contributed by atoms with van der Waals surface area (Å²) in [5.41, 5.74) is 3.18. The fourth-order valence-electron chi connectivity index (χ4n) is 4.85. The summed E-state index contributed by atoms with van der Waals surface area (Å²) < 4.78 is 5.13. The zero-order valence-electron chi connectivity index (χ0n) is 15.2. The molecule has 2 saturated heterocycles. The highest BCUT2D eigenvalue weighted by Gasteiger charge is 2.42. The molecule has 1 spiro atoms. The molecule has 0 bridgehead atoms. The molecule has 5 nitrogen and oxygen atoms in total. The topological polar surface area (TPSA) is 44.8 Å². The van der Waals surface area contributed by atoms with Crippen LogP contribution in [0.4, 0.5) is 10.5 Å². The maximum Gasteiger partial charge on any atom is 0.409 e. The third-order valence-corrected chi connectivity index (χ3v) is 6.38. The van der Waals surface area contributed by atoms with Gasteiger partial charge < -0.3 is 19.9 Å². The molecule has 0 unspecified atom stereocenters. The Bertz CT molecular complexity index is 623. The molecule has 138 valence electrons. The molecule has 1 aromatic carbocycles. The van der Waals surface area contributed by atoms with Crippen LogP contribution in [0.1, 0.15) is 39.6 Å². The average molecular weight is 345 g/mol. The van der Waals surface area contributed by atoms with Gasteiger partial charge in [0, 0.05) is 38.2 Å². The number of carbonyl (C=O) groups is 1. The van der Waals surface area contributed by atoms with Crippen LogP contribution in [-0.4, -0.2) is 61.3 Å². The van der Waals surface area contributed by atoms with Crippen molar-refractivity contribution in [1.29, 1.82) is 0 Å². The molecule has 0 atom stereocenters. The summed E-state index contributed by atoms with van der Waals surface area (Å²) in [6.07, 6.45) is 4.46. The van der Waals surface area contributed by atoms with Crippen LogP contribution >= 0.6 is 0 Å². The van der Waals surface area contributed by atoms with E-state index in [1.165, 1.54) is 37.2 Å². The van der Waals surface area contributed by atoms with Crippen molar-refractivity contribution in [1.82, 2.24) is 9.80 Å². The number of amides is 1. The summed E-state index contributed by atoms with van der Waals surface area (Å²) in [6, 6.07) is 9.43. The lowest BCUT2D eigenvalue weighted by atomic mass is 9.74. The average Bonchev–Trinajstić information content (AvgIpc) is 3.01. The van der Waals surface area contributed by atoms with E-state index in [1.807, 2.05) is 11.8 Å². The first kappa shape index (κ1) is 16.7. The monoisotopic (exact) mass is 345 g/mol. The Hall–Kier alpha value is -1.75. The van der Waals surface area contributed by atoms with Crippen molar-refractivity contribution in [3.05, 3.63) is 29.8 Å². The molecule has 5 heteroatoms. The minimum atomic E-state index is -0.146. The van der Waals surface area contributed by atoms with Crippen LogP contribution in [0.2, 0.25) is 0 Å². The van der Waals surface area contributed by atoms with Crippen molar-refractivity contribution >= 4 is 11.8 Å². The van der Waals surface area contributed by atoms with Crippen molar-refractivity contribution < 1.29 is 11.0 Å². The lowest BCUT2D eigenvalue weighted by Gasteiger charge is -2.45. The van der Waals surface area contributed by atoms with Crippen LogP contribution in [-0.2, 0) is 10.2 Å². The number of rotatable bonds is 2. The van der Waals surface area contributed by atoms with Gasteiger partial charge in [-0.2, -0.15) is 0 Å². The van der Waals surface area contributed by atoms with Gasteiger partial charge in [0.15, 0.2) is 0 Å². The van der Waals surface area contributed by atoms with Gasteiger partial charge in [-0.15, -0.1) is 0 Å². The predicted molar refractivity (Wildman–Crippen MR) is 101 cm³/mol. The molecule has 2 fully saturated rings. The highest BCUT2D eigenvalue weighted by Crippen LogP contribution is 2.44. The van der Waals surface area contributed by atoms with Crippen LogP contribution in [0.15, 0.2) is 24.3 Å². The smallest absolute Gasteiger partial charge is 0.409 e. The number of carbonyl (C=O) groups excluding carboxylic acids is 1. The number of hydrogen-bond donors (Lipinski definition) is 1. The molecular weight excluding hydrogens is 314 g/mol. The second kappa shape index (κ2) is 6.87. The molecule has 1 amide bonds. The Labute approximate surface area is 151 Å². The summed E-state index contributed by atoms with van der Waals surface area (Å²) in [4.78, 5) is 16.4. The quantitative estimate of drug-likeness (QED) is 0.893. The van der Waals surface area contributed by atoms with Crippen LogP contribution < -0.4 is 5.32 Å². The molecule has 0 saturated carbocycles. The number of fused-ring (bicyclic) bond motifs is 2. The van der Waals surface area contributed by atoms with Crippen molar-refractivity contribution in [2.24, 2.45) is 0 Å². The van der Waals surface area contributed by atoms with E-state index in [9.17, 15) is 4.79 Å². The lowest BCUT2D eigenvalue weighted by Crippen LogP contribution is -2.51. The van der Waals surface area contributed by atoms with Crippen molar-refractivity contribution in [2.75, 3.05) is 44.6 Å². The van der Waals surface area contributed by atoms with E-state index in [-0.39, 0.29) is 7.52 Å². The van der Waals surface area contributed by atoms with Crippen molar-refractivity contribution in [3.63, 3.8) is 0 Å². The van der Waals surface area contributed by atoms with Crippen LogP contribution in [0.5, 0.6) is 0 Å². The van der Waals surface area contributed by atoms with Gasteiger partial charge in [0.1, 0.15) is 0 Å². The maximum atomic E-state index is 11.9. The Balaban J connectivity index is 0.00000196. The minimum absolute atomic E-state index is 0. The maximum absolute atomic E-state index is 11.9. The Morgan fingerprint density at radius 1 is 1.24 bits per heavy atom. The fraction of sp³-hybridized carbons (Fsp3) is 0.650. The molecule has 1 aromatic rings. The summed E-state index contributed by atoms with van der Waals surface area (Å²) in [5, 5.41) is 3.61. The van der Waals surface area contributed by atoms with E-state index < -0.39 is 0 Å². The molecule has 25 heavy (non-hydrogen) atoms. The highest BCUT2D eigenvalue weighted by molar-refractivity contribution is 5.67. The van der Waals surface area contributed by atoms with Gasteiger partial charge in [0.25, 0.3) is 0 Å². The van der Waals surface area contributed by atoms with Gasteiger partial charge in [0.05, 0.1) is 6.61 Å². The molecular formula is C20H31N3O2. The number of nitrogens with zero attached hydrogens (tertiary/aromatic N) is 2. The summed E-state index contributed by atoms with van der Waals surface area (Å²) >= 11 is 0. The van der Waals surface area contributed by atoms with Crippen LogP contribution in [0.3, 0.4) is 0 Å². The van der Waals surface area contributed by atoms with E-state index in [0.29, 0.717) is 18.1 Å². The zero-order chi connectivity index (χ0) is 17.3. The number of ether oxygens (including phenoxy) is 1. The van der Waals surface area contributed by atoms with Crippen molar-refractivity contribution in [2.45, 2.75) is 44.1 Å². The largest absolute Gasteiger partial charge is 0.450 e. The number of anilines is 1. The number of benzene rings is 1. The van der Waals surface area contributed by atoms with Gasteiger partial charge in [0.2, 0.25) is 0 Å². The number of nitrogens with one attached hydrogen (secondary N) is 1. The van der Waals surface area contributed by atoms with Gasteiger partial charge in [-0.05, 0) is 57.3 Å². The van der Waals surface area contributed by atoms with E-state index in [2.05, 4.69) is 34.5 Å². The standard InChI is InChI=1S/C20H29N3O2.H2/c1-2-25-19(24)23-11-7-16(8-12-23)22-13-9-20(10-14-22)15-21-18-6-4-3-5-17(18)20;/h3-6,16,21H,2,7-15H2,1H3;1H. The van der Waals surface area contributed by atoms with Gasteiger partial charge in [-0.25, -0.2) is 4.79 Å². The summed E-state index contributed by atoms with van der Waals surface area (Å²) in [6.45, 7) is 7.40. The predicted octanol–water partition coefficient (Wildman–Crippen LogP) is 3.31. The third kappa shape index (κ3) is 3.10. The first-order valence-corrected chi connectivity index (χ1v) is 9.71. The minimum Gasteiger partial charge on any atom is -0.450 e. The molecule has 3 aliphatic heterocycles. The zero-order valence-corrected chi connectivity index (χ0v) is 15.2. The SMILES string of the molecule is CCOC(=O)N1CCC(N2CCC3(CC2)CNc2ccccc23)CC1.[HH]. The molecule has 4 rings (SSSR count). The fourth-order valence-corrected chi connectivity index (χ4v) is 4.85. The first-order chi connectivity index (χ1) is 12.2. The van der Waals surface area contributed by atoms with E-state index >= 15 is 0 Å². The van der Waals surface area contributed by atoms with Gasteiger partial charge >= 0.3 is 6.09 Å². The summed E-state index contributed by atoms with van der Waals surface area (Å²) in [7, 11) is 0. The van der Waals surface area contributed by atoms with Crippen LogP contribution in [0.25, 0.3) is 0 Å².